The maximum atomic E-state index is 12.4. The summed E-state index contributed by atoms with van der Waals surface area (Å²) in [6, 6.07) is 15.9. The number of hydrazone groups is 1. The van der Waals surface area contributed by atoms with Crippen molar-refractivity contribution in [1.29, 1.82) is 0 Å². The van der Waals surface area contributed by atoms with Crippen molar-refractivity contribution in [3.63, 3.8) is 0 Å². The van der Waals surface area contributed by atoms with Gasteiger partial charge in [0.05, 0.1) is 18.9 Å². The van der Waals surface area contributed by atoms with E-state index in [1.54, 1.807) is 18.3 Å². The Labute approximate surface area is 160 Å². The second-order valence-corrected chi connectivity index (χ2v) is 7.11. The highest BCUT2D eigenvalue weighted by Gasteiger charge is 2.15. The normalized spacial score (nSPS) is 12.7. The van der Waals surface area contributed by atoms with E-state index in [4.69, 9.17) is 4.74 Å². The molecule has 130 valence electrons. The number of carbonyl (C=O) groups excluding carboxylic acids is 1. The van der Waals surface area contributed by atoms with E-state index < -0.39 is 0 Å². The Bertz CT molecular complexity index is 1030. The number of carbonyl (C=O) groups is 1. The summed E-state index contributed by atoms with van der Waals surface area (Å²) in [6.45, 7) is 0. The van der Waals surface area contributed by atoms with Gasteiger partial charge in [0.15, 0.2) is 0 Å². The third-order valence-electron chi connectivity index (χ3n) is 4.69. The predicted molar refractivity (Wildman–Crippen MR) is 107 cm³/mol. The highest BCUT2D eigenvalue weighted by atomic mass is 79.9. The molecule has 1 aliphatic carbocycles. The van der Waals surface area contributed by atoms with Crippen molar-refractivity contribution in [3.8, 4) is 5.75 Å². The fraction of sp³-hybridized carbons (Fsp3) is 0.143. The molecular weight excluding hydrogens is 392 g/mol. The molecule has 26 heavy (non-hydrogen) atoms. The maximum absolute atomic E-state index is 12.4. The van der Waals surface area contributed by atoms with E-state index in [-0.39, 0.29) is 5.91 Å². The van der Waals surface area contributed by atoms with Gasteiger partial charge in [-0.1, -0.05) is 46.3 Å². The number of aryl methyl sites for hydroxylation is 2. The zero-order chi connectivity index (χ0) is 18.1. The van der Waals surface area contributed by atoms with Crippen molar-refractivity contribution < 1.29 is 9.53 Å². The largest absolute Gasteiger partial charge is 0.496 e. The molecule has 4 rings (SSSR count). The topological polar surface area (TPSA) is 50.7 Å². The minimum atomic E-state index is -0.315. The Balaban J connectivity index is 1.60. The molecule has 0 unspecified atom stereocenters. The number of nitrogens with one attached hydrogen (secondary N) is 1. The van der Waals surface area contributed by atoms with E-state index in [2.05, 4.69) is 56.8 Å². The smallest absolute Gasteiger partial charge is 0.275 e. The lowest BCUT2D eigenvalue weighted by atomic mass is 10.0. The number of hydrogen-bond donors (Lipinski definition) is 1. The first-order chi connectivity index (χ1) is 12.7. The summed E-state index contributed by atoms with van der Waals surface area (Å²) in [5, 5.41) is 6.66. The summed E-state index contributed by atoms with van der Waals surface area (Å²) >= 11 is 3.37. The monoisotopic (exact) mass is 408 g/mol. The molecule has 0 heterocycles. The SMILES string of the molecule is COc1ccc(Br)cc1C(=O)N/N=C\c1ccc2c3c(cccc13)CC2. The van der Waals surface area contributed by atoms with Gasteiger partial charge in [-0.3, -0.25) is 4.79 Å². The van der Waals surface area contributed by atoms with Gasteiger partial charge in [-0.15, -0.1) is 0 Å². The molecular formula is C21H17BrN2O2. The zero-order valence-electron chi connectivity index (χ0n) is 14.3. The van der Waals surface area contributed by atoms with Gasteiger partial charge >= 0.3 is 0 Å². The van der Waals surface area contributed by atoms with Crippen LogP contribution in [0.25, 0.3) is 10.8 Å². The number of halogens is 1. The van der Waals surface area contributed by atoms with Crippen LogP contribution in [0, 0.1) is 0 Å². The van der Waals surface area contributed by atoms with Crippen molar-refractivity contribution in [3.05, 3.63) is 75.3 Å². The van der Waals surface area contributed by atoms with Crippen LogP contribution in [-0.2, 0) is 12.8 Å². The van der Waals surface area contributed by atoms with Crippen molar-refractivity contribution in [2.75, 3.05) is 7.11 Å². The van der Waals surface area contributed by atoms with E-state index in [0.717, 1.165) is 22.9 Å². The second kappa shape index (κ2) is 6.92. The van der Waals surface area contributed by atoms with Crippen LogP contribution in [0.1, 0.15) is 27.0 Å². The summed E-state index contributed by atoms with van der Waals surface area (Å²) in [5.74, 6) is 0.191. The second-order valence-electron chi connectivity index (χ2n) is 6.20. The fourth-order valence-corrected chi connectivity index (χ4v) is 3.82. The van der Waals surface area contributed by atoms with Gasteiger partial charge in [0, 0.05) is 10.0 Å². The third-order valence-corrected chi connectivity index (χ3v) is 5.18. The average Bonchev–Trinajstić information content (AvgIpc) is 3.08. The number of benzene rings is 3. The van der Waals surface area contributed by atoms with Gasteiger partial charge in [-0.05, 0) is 52.9 Å². The van der Waals surface area contributed by atoms with Crippen LogP contribution in [0.2, 0.25) is 0 Å². The molecule has 0 atom stereocenters. The number of rotatable bonds is 4. The molecule has 4 nitrogen and oxygen atoms in total. The van der Waals surface area contributed by atoms with Crippen LogP contribution in [-0.4, -0.2) is 19.2 Å². The summed E-state index contributed by atoms with van der Waals surface area (Å²) in [4.78, 5) is 12.4. The number of amides is 1. The highest BCUT2D eigenvalue weighted by molar-refractivity contribution is 9.10. The van der Waals surface area contributed by atoms with Crippen LogP contribution in [0.4, 0.5) is 0 Å². The molecule has 0 aliphatic heterocycles. The van der Waals surface area contributed by atoms with Crippen LogP contribution in [0.3, 0.4) is 0 Å². The lowest BCUT2D eigenvalue weighted by molar-refractivity contribution is 0.0952. The van der Waals surface area contributed by atoms with Crippen LogP contribution < -0.4 is 10.2 Å². The molecule has 0 radical (unpaired) electrons. The quantitative estimate of drug-likeness (QED) is 0.511. The van der Waals surface area contributed by atoms with Crippen LogP contribution in [0.15, 0.2) is 58.1 Å². The maximum Gasteiger partial charge on any atom is 0.275 e. The van der Waals surface area contributed by atoms with Gasteiger partial charge < -0.3 is 4.74 Å². The molecule has 5 heteroatoms. The van der Waals surface area contributed by atoms with E-state index in [1.165, 1.54) is 29.0 Å². The molecule has 0 fully saturated rings. The van der Waals surface area contributed by atoms with Gasteiger partial charge in [-0.2, -0.15) is 5.10 Å². The highest BCUT2D eigenvalue weighted by Crippen LogP contribution is 2.32. The number of ether oxygens (including phenoxy) is 1. The molecule has 1 amide bonds. The molecule has 0 saturated carbocycles. The zero-order valence-corrected chi connectivity index (χ0v) is 15.8. The van der Waals surface area contributed by atoms with Gasteiger partial charge in [0.2, 0.25) is 0 Å². The molecule has 3 aromatic rings. The Kier molecular flexibility index (Phi) is 4.47. The average molecular weight is 409 g/mol. The van der Waals surface area contributed by atoms with Crippen molar-refractivity contribution in [2.45, 2.75) is 12.8 Å². The number of methoxy groups -OCH3 is 1. The fourth-order valence-electron chi connectivity index (χ4n) is 3.46. The molecule has 1 aliphatic rings. The third kappa shape index (κ3) is 2.99. The summed E-state index contributed by atoms with van der Waals surface area (Å²) in [5.41, 5.74) is 6.78. The Morgan fingerprint density at radius 3 is 2.77 bits per heavy atom. The van der Waals surface area contributed by atoms with Gasteiger partial charge in [0.25, 0.3) is 5.91 Å². The van der Waals surface area contributed by atoms with Crippen LogP contribution in [0.5, 0.6) is 5.75 Å². The van der Waals surface area contributed by atoms with Gasteiger partial charge in [0.1, 0.15) is 5.75 Å². The summed E-state index contributed by atoms with van der Waals surface area (Å²) in [6.07, 6.45) is 3.88. The van der Waals surface area contributed by atoms with Crippen LogP contribution >= 0.6 is 15.9 Å². The molecule has 3 aromatic carbocycles. The molecule has 0 aromatic heterocycles. The van der Waals surface area contributed by atoms with Crippen molar-refractivity contribution in [1.82, 2.24) is 5.43 Å². The lowest BCUT2D eigenvalue weighted by Gasteiger charge is -2.08. The summed E-state index contributed by atoms with van der Waals surface area (Å²) in [7, 11) is 1.54. The predicted octanol–water partition coefficient (Wildman–Crippen LogP) is 4.47. The van der Waals surface area contributed by atoms with E-state index >= 15 is 0 Å². The van der Waals surface area contributed by atoms with E-state index in [9.17, 15) is 4.79 Å². The Morgan fingerprint density at radius 2 is 1.96 bits per heavy atom. The molecule has 0 spiro atoms. The van der Waals surface area contributed by atoms with Crippen molar-refractivity contribution in [2.24, 2.45) is 5.10 Å². The lowest BCUT2D eigenvalue weighted by Crippen LogP contribution is -2.18. The Morgan fingerprint density at radius 1 is 1.15 bits per heavy atom. The van der Waals surface area contributed by atoms with E-state index in [1.807, 2.05) is 6.07 Å². The van der Waals surface area contributed by atoms with Crippen molar-refractivity contribution >= 4 is 38.8 Å². The minimum Gasteiger partial charge on any atom is -0.496 e. The molecule has 1 N–H and O–H groups in total. The van der Waals surface area contributed by atoms with Gasteiger partial charge in [-0.25, -0.2) is 5.43 Å². The first kappa shape index (κ1) is 16.8. The molecule has 0 bridgehead atoms. The minimum absolute atomic E-state index is 0.315. The first-order valence-corrected chi connectivity index (χ1v) is 9.17. The van der Waals surface area contributed by atoms with E-state index in [0.29, 0.717) is 11.3 Å². The number of hydrogen-bond acceptors (Lipinski definition) is 3. The number of nitrogens with zero attached hydrogens (tertiary/aromatic N) is 1. The summed E-state index contributed by atoms with van der Waals surface area (Å²) < 4.78 is 6.05. The molecule has 0 saturated heterocycles. The standard InChI is InChI=1S/C21H17BrN2O2/c1-26-19-10-9-16(22)11-18(19)21(25)24-23-12-15-8-7-14-6-5-13-3-2-4-17(15)20(13)14/h2-4,7-12H,5-6H2,1H3,(H,24,25)/b23-12-. The Hall–Kier alpha value is -2.66. The first-order valence-electron chi connectivity index (χ1n) is 8.38.